The van der Waals surface area contributed by atoms with Crippen LogP contribution >= 0.6 is 22.6 Å². The molecule has 0 spiro atoms. The summed E-state index contributed by atoms with van der Waals surface area (Å²) in [5.41, 5.74) is 8.18. The van der Waals surface area contributed by atoms with E-state index in [4.69, 9.17) is 9.47 Å². The van der Waals surface area contributed by atoms with Gasteiger partial charge in [0.05, 0.1) is 10.7 Å². The first kappa shape index (κ1) is 25.1. The zero-order valence-corrected chi connectivity index (χ0v) is 23.5. The molecule has 6 heteroatoms. The van der Waals surface area contributed by atoms with Gasteiger partial charge in [-0.2, -0.15) is 0 Å². The maximum atomic E-state index is 13.3. The number of halogens is 1. The van der Waals surface area contributed by atoms with Crippen LogP contribution in [0, 0.1) is 17.4 Å². The summed E-state index contributed by atoms with van der Waals surface area (Å²) >= 11 is 2.28. The third-order valence-electron chi connectivity index (χ3n) is 7.49. The molecule has 0 N–H and O–H groups in total. The molecule has 2 aromatic carbocycles. The fourth-order valence-corrected chi connectivity index (χ4v) is 6.82. The van der Waals surface area contributed by atoms with Crippen molar-refractivity contribution in [1.82, 2.24) is 4.90 Å². The first-order valence-electron chi connectivity index (χ1n) is 12.6. The summed E-state index contributed by atoms with van der Waals surface area (Å²) in [7, 11) is 3.66. The Hall–Kier alpha value is -2.61. The highest BCUT2D eigenvalue weighted by atomic mass is 127. The number of rotatable bonds is 5. The van der Waals surface area contributed by atoms with Gasteiger partial charge in [-0.05, 0) is 85.4 Å². The molecule has 2 aliphatic carbocycles. The summed E-state index contributed by atoms with van der Waals surface area (Å²) in [6.45, 7) is 4.61. The predicted molar refractivity (Wildman–Crippen MR) is 148 cm³/mol. The lowest BCUT2D eigenvalue weighted by Crippen LogP contribution is -2.37. The van der Waals surface area contributed by atoms with Crippen molar-refractivity contribution in [3.8, 4) is 11.5 Å². The van der Waals surface area contributed by atoms with E-state index in [-0.39, 0.29) is 17.5 Å². The van der Waals surface area contributed by atoms with Gasteiger partial charge in [0, 0.05) is 48.3 Å². The molecule has 0 amide bonds. The number of nitrogens with zero attached hydrogens (tertiary/aromatic N) is 1. The van der Waals surface area contributed by atoms with Crippen molar-refractivity contribution in [2.24, 2.45) is 0 Å². The van der Waals surface area contributed by atoms with E-state index in [9.17, 15) is 9.59 Å². The molecule has 0 saturated carbocycles. The molecule has 0 bridgehead atoms. The zero-order chi connectivity index (χ0) is 25.6. The fraction of sp³-hybridized carbons (Fsp3) is 0.400. The Balaban J connectivity index is 1.57. The standard InChI is InChI=1S/C30H32INO4/c1-17-11-18(2)13-19(12-17)16-36-30-21(31)14-20(15-26(30)35-4)27-28-22(7-5-9-24(28)33)32(3)23-8-6-10-25(34)29(23)27/h11-15,27H,5-10,16H2,1-4H3. The van der Waals surface area contributed by atoms with Crippen LogP contribution in [-0.4, -0.2) is 30.6 Å². The SMILES string of the molecule is COc1cc(C2C3=C(CCCC3=O)N(C)C3=C2C(=O)CCC3)cc(I)c1OCc1cc(C)cc(C)c1. The summed E-state index contributed by atoms with van der Waals surface area (Å²) in [5.74, 6) is 1.27. The number of methoxy groups -OCH3 is 1. The monoisotopic (exact) mass is 597 g/mol. The molecule has 36 heavy (non-hydrogen) atoms. The molecule has 2 aromatic rings. The van der Waals surface area contributed by atoms with E-state index in [1.165, 1.54) is 11.1 Å². The molecule has 0 atom stereocenters. The minimum atomic E-state index is -0.345. The molecule has 5 rings (SSSR count). The van der Waals surface area contributed by atoms with Crippen LogP contribution in [0.5, 0.6) is 11.5 Å². The largest absolute Gasteiger partial charge is 0.493 e. The van der Waals surface area contributed by atoms with Gasteiger partial charge in [-0.1, -0.05) is 29.3 Å². The molecule has 0 radical (unpaired) electrons. The van der Waals surface area contributed by atoms with Crippen molar-refractivity contribution in [3.63, 3.8) is 0 Å². The van der Waals surface area contributed by atoms with Gasteiger partial charge in [0.25, 0.3) is 0 Å². The number of Topliss-reactive ketones (excluding diaryl/α,β-unsaturated/α-hetero) is 2. The van der Waals surface area contributed by atoms with E-state index >= 15 is 0 Å². The molecule has 3 aliphatic rings. The lowest BCUT2D eigenvalue weighted by molar-refractivity contribution is -0.117. The first-order valence-corrected chi connectivity index (χ1v) is 13.7. The van der Waals surface area contributed by atoms with Gasteiger partial charge in [0.1, 0.15) is 6.61 Å². The van der Waals surface area contributed by atoms with Crippen molar-refractivity contribution < 1.29 is 19.1 Å². The third kappa shape index (κ3) is 4.49. The minimum absolute atomic E-state index is 0.155. The lowest BCUT2D eigenvalue weighted by Gasteiger charge is -2.42. The summed E-state index contributed by atoms with van der Waals surface area (Å²) < 4.78 is 13.0. The van der Waals surface area contributed by atoms with Crippen LogP contribution in [0.4, 0.5) is 0 Å². The molecule has 188 valence electrons. The average molecular weight is 597 g/mol. The van der Waals surface area contributed by atoms with Gasteiger partial charge < -0.3 is 14.4 Å². The molecule has 0 unspecified atom stereocenters. The molecule has 0 saturated heterocycles. The topological polar surface area (TPSA) is 55.8 Å². The number of benzene rings is 2. The quantitative estimate of drug-likeness (QED) is 0.367. The van der Waals surface area contributed by atoms with Crippen LogP contribution in [0.25, 0.3) is 0 Å². The third-order valence-corrected chi connectivity index (χ3v) is 8.30. The van der Waals surface area contributed by atoms with E-state index in [1.54, 1.807) is 7.11 Å². The van der Waals surface area contributed by atoms with Crippen molar-refractivity contribution in [3.05, 3.63) is 78.7 Å². The Bertz CT molecular complexity index is 1260. The van der Waals surface area contributed by atoms with Gasteiger partial charge in [0.2, 0.25) is 0 Å². The van der Waals surface area contributed by atoms with Crippen LogP contribution in [-0.2, 0) is 16.2 Å². The van der Waals surface area contributed by atoms with Crippen LogP contribution in [0.3, 0.4) is 0 Å². The summed E-state index contributed by atoms with van der Waals surface area (Å²) in [6.07, 6.45) is 4.51. The number of carbonyl (C=O) groups is 2. The number of ether oxygens (including phenoxy) is 2. The summed E-state index contributed by atoms with van der Waals surface area (Å²) in [6, 6.07) is 10.4. The van der Waals surface area contributed by atoms with Gasteiger partial charge in [-0.25, -0.2) is 0 Å². The number of hydrogen-bond donors (Lipinski definition) is 0. The Morgan fingerprint density at radius 2 is 1.47 bits per heavy atom. The molecule has 0 fully saturated rings. The highest BCUT2D eigenvalue weighted by molar-refractivity contribution is 14.1. The van der Waals surface area contributed by atoms with E-state index in [0.29, 0.717) is 30.9 Å². The van der Waals surface area contributed by atoms with E-state index in [2.05, 4.69) is 65.6 Å². The van der Waals surface area contributed by atoms with Crippen LogP contribution in [0.15, 0.2) is 52.9 Å². The number of allylic oxidation sites excluding steroid dienone is 4. The minimum Gasteiger partial charge on any atom is -0.493 e. The summed E-state index contributed by atoms with van der Waals surface area (Å²) in [5, 5.41) is 0. The first-order chi connectivity index (χ1) is 17.3. The second-order valence-electron chi connectivity index (χ2n) is 10.1. The molecule has 1 heterocycles. The van der Waals surface area contributed by atoms with Crippen molar-refractivity contribution in [2.75, 3.05) is 14.2 Å². The number of hydrogen-bond acceptors (Lipinski definition) is 5. The van der Waals surface area contributed by atoms with Gasteiger partial charge in [0.15, 0.2) is 23.1 Å². The lowest BCUT2D eigenvalue weighted by atomic mass is 9.71. The Morgan fingerprint density at radius 3 is 2.03 bits per heavy atom. The van der Waals surface area contributed by atoms with Gasteiger partial charge >= 0.3 is 0 Å². The molecular weight excluding hydrogens is 565 g/mol. The Labute approximate surface area is 226 Å². The number of carbonyl (C=O) groups excluding carboxylic acids is 2. The van der Waals surface area contributed by atoms with Crippen molar-refractivity contribution in [1.29, 1.82) is 0 Å². The van der Waals surface area contributed by atoms with Gasteiger partial charge in [-0.3, -0.25) is 9.59 Å². The Morgan fingerprint density at radius 1 is 0.889 bits per heavy atom. The van der Waals surface area contributed by atoms with Crippen molar-refractivity contribution >= 4 is 34.2 Å². The zero-order valence-electron chi connectivity index (χ0n) is 21.4. The molecule has 0 aromatic heterocycles. The molecule has 5 nitrogen and oxygen atoms in total. The average Bonchev–Trinajstić information content (AvgIpc) is 2.83. The fourth-order valence-electron chi connectivity index (χ4n) is 6.04. The van der Waals surface area contributed by atoms with E-state index in [1.807, 2.05) is 13.1 Å². The molecular formula is C30H32INO4. The second kappa shape index (κ2) is 10.0. The number of ketones is 2. The summed E-state index contributed by atoms with van der Waals surface area (Å²) in [4.78, 5) is 28.7. The van der Waals surface area contributed by atoms with E-state index in [0.717, 1.165) is 62.9 Å². The van der Waals surface area contributed by atoms with E-state index < -0.39 is 0 Å². The maximum Gasteiger partial charge on any atom is 0.174 e. The Kier molecular flexibility index (Phi) is 6.99. The second-order valence-corrected chi connectivity index (χ2v) is 11.2. The number of aryl methyl sites for hydroxylation is 2. The van der Waals surface area contributed by atoms with Crippen molar-refractivity contribution in [2.45, 2.75) is 64.9 Å². The normalized spacial score (nSPS) is 18.4. The molecule has 1 aliphatic heterocycles. The smallest absolute Gasteiger partial charge is 0.174 e. The highest BCUT2D eigenvalue weighted by Crippen LogP contribution is 2.50. The predicted octanol–water partition coefficient (Wildman–Crippen LogP) is 6.54. The van der Waals surface area contributed by atoms with Crippen LogP contribution < -0.4 is 9.47 Å². The van der Waals surface area contributed by atoms with Gasteiger partial charge in [-0.15, -0.1) is 0 Å². The van der Waals surface area contributed by atoms with Crippen LogP contribution in [0.2, 0.25) is 0 Å². The maximum absolute atomic E-state index is 13.3. The van der Waals surface area contributed by atoms with Crippen LogP contribution in [0.1, 0.15) is 66.7 Å². The highest BCUT2D eigenvalue weighted by Gasteiger charge is 2.42.